The van der Waals surface area contributed by atoms with Crippen molar-refractivity contribution in [1.82, 2.24) is 4.98 Å². The van der Waals surface area contributed by atoms with Crippen molar-refractivity contribution in [2.75, 3.05) is 12.4 Å². The number of allylic oxidation sites excluding steroid dienone is 2. The zero-order valence-electron chi connectivity index (χ0n) is 16.8. The van der Waals surface area contributed by atoms with Crippen LogP contribution in [0.5, 0.6) is 5.75 Å². The van der Waals surface area contributed by atoms with Crippen LogP contribution in [-0.2, 0) is 9.59 Å². The minimum Gasteiger partial charge on any atom is -0.496 e. The highest BCUT2D eigenvalue weighted by Crippen LogP contribution is 2.45. The molecule has 1 N–H and O–H groups in total. The monoisotopic (exact) mass is 467 g/mol. The summed E-state index contributed by atoms with van der Waals surface area (Å²) in [5.74, 6) is -0.161. The fraction of sp³-hybridized carbons (Fsp3) is 0.304. The van der Waals surface area contributed by atoms with Crippen LogP contribution >= 0.6 is 15.9 Å². The van der Waals surface area contributed by atoms with Crippen LogP contribution in [0.2, 0.25) is 0 Å². The molecule has 0 bridgehead atoms. The SMILES string of the molecule is COc1ccccc1[C@H]1C2=C(CCCC2=O)N=C(C)C1C(=O)Nc1ccc(Br)cn1. The van der Waals surface area contributed by atoms with E-state index in [9.17, 15) is 9.59 Å². The standard InChI is InChI=1S/C23H22BrN3O3/c1-13-20(23(29)27-19-11-10-14(24)12-25-19)21(15-6-3-4-9-18(15)30-2)22-16(26-13)7-5-8-17(22)28/h3-4,6,9-12,20-21H,5,7-8H2,1-2H3,(H,25,27,29)/t20?,21-/m1/s1. The summed E-state index contributed by atoms with van der Waals surface area (Å²) >= 11 is 3.35. The van der Waals surface area contributed by atoms with Crippen LogP contribution in [0.4, 0.5) is 5.82 Å². The quantitative estimate of drug-likeness (QED) is 0.707. The van der Waals surface area contributed by atoms with E-state index in [-0.39, 0.29) is 11.7 Å². The number of amides is 1. The number of hydrogen-bond acceptors (Lipinski definition) is 5. The second-order valence-electron chi connectivity index (χ2n) is 7.44. The largest absolute Gasteiger partial charge is 0.496 e. The summed E-state index contributed by atoms with van der Waals surface area (Å²) in [6.45, 7) is 1.85. The first-order valence-electron chi connectivity index (χ1n) is 9.86. The molecule has 7 heteroatoms. The Kier molecular flexibility index (Phi) is 5.81. The highest BCUT2D eigenvalue weighted by atomic mass is 79.9. The van der Waals surface area contributed by atoms with Gasteiger partial charge in [-0.15, -0.1) is 0 Å². The van der Waals surface area contributed by atoms with Crippen LogP contribution in [0.25, 0.3) is 0 Å². The molecule has 1 amide bonds. The molecule has 0 spiro atoms. The maximum Gasteiger partial charge on any atom is 0.235 e. The van der Waals surface area contributed by atoms with Crippen molar-refractivity contribution in [3.8, 4) is 5.75 Å². The number of carbonyl (C=O) groups excluding carboxylic acids is 2. The second kappa shape index (κ2) is 8.52. The molecule has 1 aliphatic heterocycles. The predicted octanol–water partition coefficient (Wildman–Crippen LogP) is 4.67. The zero-order valence-corrected chi connectivity index (χ0v) is 18.4. The van der Waals surface area contributed by atoms with Gasteiger partial charge in [-0.3, -0.25) is 14.6 Å². The molecule has 0 radical (unpaired) electrons. The first-order chi connectivity index (χ1) is 14.5. The minimum absolute atomic E-state index is 0.0583. The number of halogens is 1. The van der Waals surface area contributed by atoms with E-state index in [2.05, 4.69) is 26.2 Å². The van der Waals surface area contributed by atoms with Crippen LogP contribution in [0.15, 0.2) is 63.3 Å². The van der Waals surface area contributed by atoms with Crippen molar-refractivity contribution < 1.29 is 14.3 Å². The average Bonchev–Trinajstić information content (AvgIpc) is 2.74. The smallest absolute Gasteiger partial charge is 0.235 e. The first-order valence-corrected chi connectivity index (χ1v) is 10.7. The third-order valence-corrected chi connectivity index (χ3v) is 6.04. The van der Waals surface area contributed by atoms with E-state index in [1.165, 1.54) is 0 Å². The molecule has 30 heavy (non-hydrogen) atoms. The number of ketones is 1. The lowest BCUT2D eigenvalue weighted by molar-refractivity contribution is -0.119. The lowest BCUT2D eigenvalue weighted by Crippen LogP contribution is -2.39. The number of anilines is 1. The van der Waals surface area contributed by atoms with Crippen molar-refractivity contribution >= 4 is 39.1 Å². The Bertz CT molecular complexity index is 1060. The highest BCUT2D eigenvalue weighted by Gasteiger charge is 2.43. The van der Waals surface area contributed by atoms with Crippen LogP contribution < -0.4 is 10.1 Å². The number of carbonyl (C=O) groups is 2. The van der Waals surface area contributed by atoms with Gasteiger partial charge in [-0.2, -0.15) is 0 Å². The normalized spacial score (nSPS) is 21.0. The van der Waals surface area contributed by atoms with Crippen molar-refractivity contribution in [2.24, 2.45) is 10.9 Å². The van der Waals surface area contributed by atoms with Gasteiger partial charge in [0.1, 0.15) is 11.6 Å². The summed E-state index contributed by atoms with van der Waals surface area (Å²) in [6.07, 6.45) is 3.63. The van der Waals surface area contributed by atoms with Crippen LogP contribution in [-0.4, -0.2) is 29.5 Å². The number of nitrogens with zero attached hydrogens (tertiary/aromatic N) is 2. The molecule has 1 aliphatic carbocycles. The zero-order chi connectivity index (χ0) is 21.3. The van der Waals surface area contributed by atoms with Crippen molar-refractivity contribution in [2.45, 2.75) is 32.1 Å². The van der Waals surface area contributed by atoms with E-state index in [1.54, 1.807) is 19.4 Å². The summed E-state index contributed by atoms with van der Waals surface area (Å²) in [6, 6.07) is 11.1. The van der Waals surface area contributed by atoms with E-state index >= 15 is 0 Å². The van der Waals surface area contributed by atoms with Gasteiger partial charge >= 0.3 is 0 Å². The number of Topliss-reactive ketones (excluding diaryl/α,β-unsaturated/α-hetero) is 1. The summed E-state index contributed by atoms with van der Waals surface area (Å²) in [4.78, 5) is 35.3. The van der Waals surface area contributed by atoms with Gasteiger partial charge in [-0.1, -0.05) is 18.2 Å². The van der Waals surface area contributed by atoms with Gasteiger partial charge in [0.15, 0.2) is 5.78 Å². The van der Waals surface area contributed by atoms with Gasteiger partial charge < -0.3 is 10.1 Å². The van der Waals surface area contributed by atoms with E-state index < -0.39 is 11.8 Å². The molecular formula is C23H22BrN3O3. The first kappa shape index (κ1) is 20.5. The van der Waals surface area contributed by atoms with Crippen molar-refractivity contribution in [3.63, 3.8) is 0 Å². The van der Waals surface area contributed by atoms with Gasteiger partial charge in [-0.25, -0.2) is 4.98 Å². The molecule has 1 aromatic heterocycles. The number of nitrogens with one attached hydrogen (secondary N) is 1. The Balaban J connectivity index is 1.80. The molecule has 2 heterocycles. The lowest BCUT2D eigenvalue weighted by atomic mass is 9.71. The summed E-state index contributed by atoms with van der Waals surface area (Å²) < 4.78 is 6.41. The fourth-order valence-electron chi connectivity index (χ4n) is 4.26. The number of para-hydroxylation sites is 1. The third kappa shape index (κ3) is 3.81. The molecule has 0 saturated heterocycles. The van der Waals surface area contributed by atoms with Gasteiger partial charge in [0.25, 0.3) is 0 Å². The molecule has 2 atom stereocenters. The minimum atomic E-state index is -0.632. The van der Waals surface area contributed by atoms with Gasteiger partial charge in [0.2, 0.25) is 5.91 Å². The Morgan fingerprint density at radius 3 is 2.73 bits per heavy atom. The number of hydrogen-bond donors (Lipinski definition) is 1. The summed E-state index contributed by atoms with van der Waals surface area (Å²) in [5, 5.41) is 2.89. The molecule has 0 fully saturated rings. The number of benzene rings is 1. The molecule has 1 unspecified atom stereocenters. The third-order valence-electron chi connectivity index (χ3n) is 5.57. The number of methoxy groups -OCH3 is 1. The maximum atomic E-state index is 13.4. The van der Waals surface area contributed by atoms with E-state index in [1.807, 2.05) is 37.3 Å². The predicted molar refractivity (Wildman–Crippen MR) is 119 cm³/mol. The van der Waals surface area contributed by atoms with Gasteiger partial charge in [-0.05, 0) is 53.9 Å². The maximum absolute atomic E-state index is 13.4. The van der Waals surface area contributed by atoms with E-state index in [0.29, 0.717) is 29.3 Å². The fourth-order valence-corrected chi connectivity index (χ4v) is 4.49. The summed E-state index contributed by atoms with van der Waals surface area (Å²) in [7, 11) is 1.60. The molecule has 6 nitrogen and oxygen atoms in total. The molecular weight excluding hydrogens is 446 g/mol. The summed E-state index contributed by atoms with van der Waals surface area (Å²) in [5.41, 5.74) is 2.95. The number of ether oxygens (including phenoxy) is 1. The molecule has 4 rings (SSSR count). The van der Waals surface area contributed by atoms with E-state index in [0.717, 1.165) is 28.6 Å². The van der Waals surface area contributed by atoms with Gasteiger partial charge in [0, 0.05) is 45.6 Å². The van der Waals surface area contributed by atoms with Crippen molar-refractivity contribution in [1.29, 1.82) is 0 Å². The molecule has 1 aromatic carbocycles. The Morgan fingerprint density at radius 2 is 2.00 bits per heavy atom. The molecule has 2 aliphatic rings. The molecule has 2 aromatic rings. The Labute approximate surface area is 183 Å². The Hall–Kier alpha value is -2.80. The lowest BCUT2D eigenvalue weighted by Gasteiger charge is -2.35. The molecule has 154 valence electrons. The van der Waals surface area contributed by atoms with Crippen LogP contribution in [0, 0.1) is 5.92 Å². The van der Waals surface area contributed by atoms with Crippen LogP contribution in [0.1, 0.15) is 37.7 Å². The number of rotatable bonds is 4. The van der Waals surface area contributed by atoms with Crippen LogP contribution in [0.3, 0.4) is 0 Å². The average molecular weight is 468 g/mol. The Morgan fingerprint density at radius 1 is 1.20 bits per heavy atom. The second-order valence-corrected chi connectivity index (χ2v) is 8.35. The number of aromatic nitrogens is 1. The number of aliphatic imine (C=N–C) groups is 1. The highest BCUT2D eigenvalue weighted by molar-refractivity contribution is 9.10. The van der Waals surface area contributed by atoms with Crippen molar-refractivity contribution in [3.05, 3.63) is 63.9 Å². The van der Waals surface area contributed by atoms with Gasteiger partial charge in [0.05, 0.1) is 13.0 Å². The number of pyridine rings is 1. The van der Waals surface area contributed by atoms with E-state index in [4.69, 9.17) is 9.73 Å². The topological polar surface area (TPSA) is 80.6 Å². The molecule has 0 saturated carbocycles.